The van der Waals surface area contributed by atoms with E-state index in [4.69, 9.17) is 0 Å². The van der Waals surface area contributed by atoms with Gasteiger partial charge in [-0.3, -0.25) is 0 Å². The lowest BCUT2D eigenvalue weighted by Crippen LogP contribution is -2.39. The molecule has 0 aromatic heterocycles. The molecule has 0 saturated heterocycles. The molecular weight excluding hydrogens is 174 g/mol. The summed E-state index contributed by atoms with van der Waals surface area (Å²) in [5.74, 6) is 0. The molecule has 1 nitrogen and oxygen atoms in total. The van der Waals surface area contributed by atoms with Gasteiger partial charge in [0.2, 0.25) is 0 Å². The summed E-state index contributed by atoms with van der Waals surface area (Å²) in [5, 5.41) is 1.60. The van der Waals surface area contributed by atoms with E-state index in [2.05, 4.69) is 56.3 Å². The van der Waals surface area contributed by atoms with Gasteiger partial charge in [-0.15, -0.1) is 0 Å². The van der Waals surface area contributed by atoms with Gasteiger partial charge < -0.3 is 4.90 Å². The first-order valence-corrected chi connectivity index (χ1v) is 7.14. The molecule has 1 unspecified atom stereocenters. The van der Waals surface area contributed by atoms with Crippen LogP contribution < -0.4 is 5.19 Å². The molecule has 13 heavy (non-hydrogen) atoms. The van der Waals surface area contributed by atoms with Gasteiger partial charge in [0.05, 0.1) is 8.80 Å². The lowest BCUT2D eigenvalue weighted by atomic mass is 10.4. The summed E-state index contributed by atoms with van der Waals surface area (Å²) in [5.41, 5.74) is 0. The van der Waals surface area contributed by atoms with Crippen LogP contribution in [0.3, 0.4) is 0 Å². The maximum Gasteiger partial charge on any atom is 0.0854 e. The van der Waals surface area contributed by atoms with Gasteiger partial charge in [-0.2, -0.15) is 0 Å². The van der Waals surface area contributed by atoms with Crippen LogP contribution in [0.4, 0.5) is 0 Å². The van der Waals surface area contributed by atoms with Crippen molar-refractivity contribution in [3.05, 3.63) is 30.3 Å². The van der Waals surface area contributed by atoms with E-state index in [-0.39, 0.29) is 0 Å². The van der Waals surface area contributed by atoms with Crippen LogP contribution in [0.25, 0.3) is 0 Å². The number of rotatable bonds is 4. The van der Waals surface area contributed by atoms with Crippen molar-refractivity contribution in [2.45, 2.75) is 13.0 Å². The molecule has 0 bridgehead atoms. The molecule has 0 saturated carbocycles. The standard InChI is InChI=1S/C11H19NSi/c1-4-13(10-12(2)3)11-8-6-5-7-9-11/h5-9,13H,4,10H2,1-3H3. The highest BCUT2D eigenvalue weighted by Gasteiger charge is 2.10. The van der Waals surface area contributed by atoms with Crippen LogP contribution in [0.1, 0.15) is 6.92 Å². The Morgan fingerprint density at radius 1 is 1.15 bits per heavy atom. The smallest absolute Gasteiger partial charge is 0.0854 e. The summed E-state index contributed by atoms with van der Waals surface area (Å²) in [7, 11) is 3.63. The Hall–Kier alpha value is -0.603. The topological polar surface area (TPSA) is 3.24 Å². The average molecular weight is 193 g/mol. The van der Waals surface area contributed by atoms with Crippen molar-refractivity contribution in [3.8, 4) is 0 Å². The summed E-state index contributed by atoms with van der Waals surface area (Å²) in [6, 6.07) is 12.3. The summed E-state index contributed by atoms with van der Waals surface area (Å²) in [6.45, 7) is 2.31. The normalized spacial score (nSPS) is 13.2. The summed E-state index contributed by atoms with van der Waals surface area (Å²) in [4.78, 5) is 2.31. The van der Waals surface area contributed by atoms with E-state index < -0.39 is 8.80 Å². The van der Waals surface area contributed by atoms with Crippen LogP contribution in [0.5, 0.6) is 0 Å². The summed E-state index contributed by atoms with van der Waals surface area (Å²) >= 11 is 0. The second-order valence-corrected chi connectivity index (χ2v) is 7.02. The third kappa shape index (κ3) is 3.33. The fourth-order valence-corrected chi connectivity index (χ4v) is 4.22. The molecule has 0 radical (unpaired) electrons. The molecule has 72 valence electrons. The van der Waals surface area contributed by atoms with Crippen molar-refractivity contribution in [1.29, 1.82) is 0 Å². The molecule has 1 atom stereocenters. The maximum absolute atomic E-state index is 2.31. The number of hydrogen-bond donors (Lipinski definition) is 0. The minimum Gasteiger partial charge on any atom is -0.312 e. The molecule has 0 spiro atoms. The van der Waals surface area contributed by atoms with Gasteiger partial charge in [0, 0.05) is 0 Å². The van der Waals surface area contributed by atoms with Crippen molar-refractivity contribution in [1.82, 2.24) is 4.90 Å². The van der Waals surface area contributed by atoms with Gasteiger partial charge in [0.25, 0.3) is 0 Å². The number of nitrogens with zero attached hydrogens (tertiary/aromatic N) is 1. The fraction of sp³-hybridized carbons (Fsp3) is 0.455. The van der Waals surface area contributed by atoms with Crippen LogP contribution >= 0.6 is 0 Å². The van der Waals surface area contributed by atoms with E-state index in [1.54, 1.807) is 5.19 Å². The van der Waals surface area contributed by atoms with E-state index in [0.29, 0.717) is 0 Å². The van der Waals surface area contributed by atoms with Gasteiger partial charge in [0.1, 0.15) is 0 Å². The first-order chi connectivity index (χ1) is 6.24. The molecule has 1 aromatic rings. The molecule has 2 heteroatoms. The Bertz CT molecular complexity index is 233. The molecule has 1 rings (SSSR count). The third-order valence-electron chi connectivity index (χ3n) is 2.35. The van der Waals surface area contributed by atoms with Crippen LogP contribution in [0.2, 0.25) is 6.04 Å². The third-order valence-corrected chi connectivity index (χ3v) is 5.83. The Morgan fingerprint density at radius 2 is 1.77 bits per heavy atom. The lowest BCUT2D eigenvalue weighted by Gasteiger charge is -2.18. The van der Waals surface area contributed by atoms with Crippen LogP contribution in [0.15, 0.2) is 30.3 Å². The quantitative estimate of drug-likeness (QED) is 0.650. The molecule has 0 aliphatic rings. The summed E-state index contributed by atoms with van der Waals surface area (Å²) in [6.07, 6.45) is 1.28. The van der Waals surface area contributed by atoms with Crippen LogP contribution in [-0.4, -0.2) is 34.0 Å². The van der Waals surface area contributed by atoms with E-state index in [1.807, 2.05) is 0 Å². The second-order valence-electron chi connectivity index (χ2n) is 3.78. The highest BCUT2D eigenvalue weighted by atomic mass is 28.3. The van der Waals surface area contributed by atoms with Gasteiger partial charge in [-0.1, -0.05) is 48.5 Å². The zero-order valence-corrected chi connectivity index (χ0v) is 9.98. The number of hydrogen-bond acceptors (Lipinski definition) is 1. The first-order valence-electron chi connectivity index (χ1n) is 4.93. The zero-order valence-electron chi connectivity index (χ0n) is 8.83. The van der Waals surface area contributed by atoms with Crippen molar-refractivity contribution in [3.63, 3.8) is 0 Å². The number of benzene rings is 1. The molecule has 0 N–H and O–H groups in total. The largest absolute Gasteiger partial charge is 0.312 e. The predicted molar refractivity (Wildman–Crippen MR) is 62.3 cm³/mol. The van der Waals surface area contributed by atoms with Crippen LogP contribution in [-0.2, 0) is 0 Å². The van der Waals surface area contributed by atoms with Gasteiger partial charge in [-0.25, -0.2) is 0 Å². The van der Waals surface area contributed by atoms with Gasteiger partial charge >= 0.3 is 0 Å². The average Bonchev–Trinajstić information content (AvgIpc) is 2.15. The van der Waals surface area contributed by atoms with E-state index in [1.165, 1.54) is 12.2 Å². The van der Waals surface area contributed by atoms with Crippen molar-refractivity contribution >= 4 is 14.0 Å². The predicted octanol–water partition coefficient (Wildman–Crippen LogP) is 1.24. The summed E-state index contributed by atoms with van der Waals surface area (Å²) < 4.78 is 0. The molecule has 1 aromatic carbocycles. The highest BCUT2D eigenvalue weighted by Crippen LogP contribution is 1.95. The Balaban J connectivity index is 2.67. The van der Waals surface area contributed by atoms with Crippen molar-refractivity contribution < 1.29 is 0 Å². The van der Waals surface area contributed by atoms with Crippen LogP contribution in [0, 0.1) is 0 Å². The molecule has 0 aliphatic heterocycles. The first kappa shape index (κ1) is 10.5. The Morgan fingerprint density at radius 3 is 2.23 bits per heavy atom. The molecule has 0 fully saturated rings. The highest BCUT2D eigenvalue weighted by molar-refractivity contribution is 6.73. The van der Waals surface area contributed by atoms with E-state index >= 15 is 0 Å². The Labute approximate surface area is 83.0 Å². The molecule has 0 amide bonds. The lowest BCUT2D eigenvalue weighted by molar-refractivity contribution is 0.475. The minimum atomic E-state index is -0.703. The van der Waals surface area contributed by atoms with E-state index in [0.717, 1.165) is 0 Å². The van der Waals surface area contributed by atoms with Gasteiger partial charge in [-0.05, 0) is 20.3 Å². The molecule has 0 heterocycles. The fourth-order valence-electron chi connectivity index (χ4n) is 1.64. The van der Waals surface area contributed by atoms with Gasteiger partial charge in [0.15, 0.2) is 0 Å². The van der Waals surface area contributed by atoms with Crippen molar-refractivity contribution in [2.75, 3.05) is 20.3 Å². The monoisotopic (exact) mass is 193 g/mol. The van der Waals surface area contributed by atoms with E-state index in [9.17, 15) is 0 Å². The molecule has 0 aliphatic carbocycles. The second kappa shape index (κ2) is 5.20. The SMILES string of the molecule is CC[SiH](CN(C)C)c1ccccc1. The van der Waals surface area contributed by atoms with Crippen molar-refractivity contribution in [2.24, 2.45) is 0 Å². The minimum absolute atomic E-state index is 0.703. The molecular formula is C11H19NSi. The Kier molecular flexibility index (Phi) is 4.19. The maximum atomic E-state index is 2.31. The zero-order chi connectivity index (χ0) is 9.68.